The van der Waals surface area contributed by atoms with Crippen LogP contribution in [0.3, 0.4) is 0 Å². The molecule has 3 heteroatoms. The van der Waals surface area contributed by atoms with Gasteiger partial charge in [-0.2, -0.15) is 0 Å². The molecule has 0 spiro atoms. The summed E-state index contributed by atoms with van der Waals surface area (Å²) in [5.41, 5.74) is 0. The van der Waals surface area contributed by atoms with Gasteiger partial charge in [-0.15, -0.1) is 13.2 Å². The van der Waals surface area contributed by atoms with Gasteiger partial charge in [0.1, 0.15) is 0 Å². The molecule has 0 saturated carbocycles. The van der Waals surface area contributed by atoms with E-state index in [1.54, 1.807) is 20.4 Å². The fourth-order valence-corrected chi connectivity index (χ4v) is 4.26. The van der Waals surface area contributed by atoms with Gasteiger partial charge >= 0.3 is 79.1 Å². The van der Waals surface area contributed by atoms with Crippen LogP contribution in [0.4, 0.5) is 0 Å². The van der Waals surface area contributed by atoms with Crippen molar-refractivity contribution < 1.29 is 33.4 Å². The fourth-order valence-electron chi connectivity index (χ4n) is 1.29. The molecule has 0 N–H and O–H groups in total. The quantitative estimate of drug-likeness (QED) is 0.775. The third-order valence-corrected chi connectivity index (χ3v) is 5.27. The molecule has 0 aromatic rings. The second-order valence-electron chi connectivity index (χ2n) is 3.35. The van der Waals surface area contributed by atoms with Crippen LogP contribution < -0.4 is 10.2 Å². The maximum Gasteiger partial charge on any atom is -0.0809 e. The molecule has 0 atom stereocenters. The summed E-state index contributed by atoms with van der Waals surface area (Å²) in [6.07, 6.45) is 16.0. The third kappa shape index (κ3) is 9.46. The summed E-state index contributed by atoms with van der Waals surface area (Å²) in [4.78, 5) is 0. The Bertz CT molecular complexity index is 271. The number of hydrogen-bond acceptors (Lipinski definition) is 2. The summed E-state index contributed by atoms with van der Waals surface area (Å²) in [5.74, 6) is 0. The van der Waals surface area contributed by atoms with Crippen LogP contribution in [0.5, 0.6) is 0 Å². The predicted molar refractivity (Wildman–Crippen MR) is 64.8 cm³/mol. The van der Waals surface area contributed by atoms with Gasteiger partial charge in [0.15, 0.2) is 0 Å². The van der Waals surface area contributed by atoms with Crippen LogP contribution in [0.1, 0.15) is 26.7 Å². The Morgan fingerprint density at radius 1 is 0.941 bits per heavy atom. The van der Waals surface area contributed by atoms with E-state index in [0.29, 0.717) is 0 Å². The monoisotopic (exact) mass is 310 g/mol. The molecule has 0 amide bonds. The van der Waals surface area contributed by atoms with Crippen molar-refractivity contribution in [2.45, 2.75) is 26.7 Å². The van der Waals surface area contributed by atoms with Crippen molar-refractivity contribution >= 4 is 0 Å². The van der Waals surface area contributed by atoms with Gasteiger partial charge in [-0.25, -0.2) is 0 Å². The van der Waals surface area contributed by atoms with Gasteiger partial charge in [0, 0.05) is 0 Å². The summed E-state index contributed by atoms with van der Waals surface area (Å²) in [6, 6.07) is 0. The minimum absolute atomic E-state index is 0. The Balaban J connectivity index is 0.000000366. The molecule has 2 nitrogen and oxygen atoms in total. The molecule has 0 heterocycles. The SMILES string of the molecule is C1=CC[C]([Zr+2][C]2=CC=CC2)=C1.CC[O-].CC[O-]. The Labute approximate surface area is 116 Å². The molecule has 17 heavy (non-hydrogen) atoms. The molecule has 92 valence electrons. The van der Waals surface area contributed by atoms with Crippen LogP contribution in [-0.4, -0.2) is 13.2 Å². The average Bonchev–Trinajstić information content (AvgIpc) is 2.94. The summed E-state index contributed by atoms with van der Waals surface area (Å²) >= 11 is -0.312. The normalized spacial score (nSPS) is 15.1. The van der Waals surface area contributed by atoms with Crippen molar-refractivity contribution in [3.05, 3.63) is 43.0 Å². The first-order chi connectivity index (χ1) is 8.28. The average molecular weight is 312 g/mol. The van der Waals surface area contributed by atoms with Crippen LogP contribution in [0.2, 0.25) is 0 Å². The molecular weight excluding hydrogens is 291 g/mol. The van der Waals surface area contributed by atoms with Gasteiger partial charge in [0.2, 0.25) is 0 Å². The van der Waals surface area contributed by atoms with E-state index in [1.165, 1.54) is 12.8 Å². The van der Waals surface area contributed by atoms with E-state index in [2.05, 4.69) is 36.5 Å². The third-order valence-electron chi connectivity index (χ3n) is 1.86. The first-order valence-corrected chi connectivity index (χ1v) is 8.38. The maximum atomic E-state index is 8.93. The Morgan fingerprint density at radius 2 is 1.29 bits per heavy atom. The molecule has 0 aromatic heterocycles. The maximum absolute atomic E-state index is 8.93. The van der Waals surface area contributed by atoms with E-state index in [4.69, 9.17) is 10.2 Å². The smallest absolute Gasteiger partial charge is 0.0809 e. The van der Waals surface area contributed by atoms with Crippen molar-refractivity contribution in [1.29, 1.82) is 0 Å². The van der Waals surface area contributed by atoms with Gasteiger partial charge in [0.25, 0.3) is 0 Å². The first-order valence-electron chi connectivity index (χ1n) is 5.93. The summed E-state index contributed by atoms with van der Waals surface area (Å²) < 4.78 is 3.45. The number of allylic oxidation sites excluding steroid dienone is 8. The second kappa shape index (κ2) is 12.2. The van der Waals surface area contributed by atoms with Crippen molar-refractivity contribution in [3.8, 4) is 0 Å². The van der Waals surface area contributed by atoms with E-state index in [1.807, 2.05) is 0 Å². The number of hydrogen-bond donors (Lipinski definition) is 0. The minimum atomic E-state index is -0.312. The second-order valence-corrected chi connectivity index (χ2v) is 7.12. The zero-order chi connectivity index (χ0) is 12.9. The topological polar surface area (TPSA) is 46.1 Å². The molecule has 0 saturated heterocycles. The van der Waals surface area contributed by atoms with E-state index < -0.39 is 0 Å². The van der Waals surface area contributed by atoms with Crippen LogP contribution in [-0.2, 0) is 23.2 Å². The predicted octanol–water partition coefficient (Wildman–Crippen LogP) is 1.49. The van der Waals surface area contributed by atoms with Crippen molar-refractivity contribution in [1.82, 2.24) is 0 Å². The molecule has 0 radical (unpaired) electrons. The zero-order valence-electron chi connectivity index (χ0n) is 10.6. The molecule has 2 aliphatic rings. The molecule has 2 rings (SSSR count). The van der Waals surface area contributed by atoms with Gasteiger partial charge in [-0.1, -0.05) is 13.8 Å². The van der Waals surface area contributed by atoms with Crippen molar-refractivity contribution in [2.75, 3.05) is 13.2 Å². The molecule has 0 aliphatic heterocycles. The molecule has 0 fully saturated rings. The van der Waals surface area contributed by atoms with E-state index in [-0.39, 0.29) is 36.4 Å². The van der Waals surface area contributed by atoms with Gasteiger partial charge in [-0.3, -0.25) is 0 Å². The van der Waals surface area contributed by atoms with Gasteiger partial charge < -0.3 is 10.2 Å². The molecule has 2 aliphatic carbocycles. The van der Waals surface area contributed by atoms with Gasteiger partial charge in [0.05, 0.1) is 0 Å². The zero-order valence-corrected chi connectivity index (χ0v) is 13.1. The Morgan fingerprint density at radius 3 is 1.53 bits per heavy atom. The van der Waals surface area contributed by atoms with Crippen LogP contribution >= 0.6 is 0 Å². The first kappa shape index (κ1) is 16.8. The van der Waals surface area contributed by atoms with Crippen LogP contribution in [0.25, 0.3) is 0 Å². The standard InChI is InChI=1S/2C5H5.2C2H5O.Zr/c2*1-2-4-5-3-1;2*1-2-3;/h2*1-3H,4H2;2*2H2,1H3;/q;;2*-1;+2. The molecule has 0 bridgehead atoms. The summed E-state index contributed by atoms with van der Waals surface area (Å²) in [7, 11) is 0. The molecule has 0 aromatic carbocycles. The number of rotatable bonds is 2. The van der Waals surface area contributed by atoms with E-state index in [0.717, 1.165) is 0 Å². The largest absolute Gasteiger partial charge is 0.855 e. The molecular formula is C14H20O2Zr. The minimum Gasteiger partial charge on any atom is -0.855 e. The summed E-state index contributed by atoms with van der Waals surface area (Å²) in [6.45, 7) is 3.14. The van der Waals surface area contributed by atoms with Crippen LogP contribution in [0, 0.1) is 0 Å². The van der Waals surface area contributed by atoms with E-state index >= 15 is 0 Å². The Kier molecular flexibility index (Phi) is 12.1. The van der Waals surface area contributed by atoms with Gasteiger partial charge in [-0.05, 0) is 0 Å². The van der Waals surface area contributed by atoms with Crippen molar-refractivity contribution in [2.24, 2.45) is 0 Å². The summed E-state index contributed by atoms with van der Waals surface area (Å²) in [5, 5.41) is 17.9. The van der Waals surface area contributed by atoms with E-state index in [9.17, 15) is 0 Å². The molecule has 0 unspecified atom stereocenters. The van der Waals surface area contributed by atoms with Crippen molar-refractivity contribution in [3.63, 3.8) is 0 Å². The fraction of sp³-hybridized carbons (Fsp3) is 0.429. The Hall–Kier alpha value is -0.237. The van der Waals surface area contributed by atoms with Crippen LogP contribution in [0.15, 0.2) is 43.0 Å².